The first-order valence-corrected chi connectivity index (χ1v) is 20.5. The van der Waals surface area contributed by atoms with Gasteiger partial charge in [0, 0.05) is 5.56 Å². The number of hydrogen-bond acceptors (Lipinski definition) is 6. The average Bonchev–Trinajstić information content (AvgIpc) is 3.07. The fraction of sp³-hybridized carbons (Fsp3) is 0.647. The van der Waals surface area contributed by atoms with Crippen molar-refractivity contribution in [1.29, 1.82) is 0 Å². The topological polar surface area (TPSA) is 99.4 Å². The van der Waals surface area contributed by atoms with E-state index in [-0.39, 0.29) is 66.8 Å². The van der Waals surface area contributed by atoms with Crippen molar-refractivity contribution in [2.45, 2.75) is 168 Å². The molecule has 324 valence electrons. The molecule has 0 atom stereocenters. The Hall–Kier alpha value is -3.38. The summed E-state index contributed by atoms with van der Waals surface area (Å²) in [6.45, 7) is 47.4. The second-order valence-corrected chi connectivity index (χ2v) is 22.3. The van der Waals surface area contributed by atoms with E-state index in [1.54, 1.807) is 25.3 Å². The molecule has 0 spiro atoms. The van der Waals surface area contributed by atoms with Gasteiger partial charge in [-0.15, -0.1) is 0 Å². The van der Waals surface area contributed by atoms with Gasteiger partial charge in [0.2, 0.25) is 0 Å². The Labute approximate surface area is 349 Å². The number of methoxy groups -OCH3 is 2. The van der Waals surface area contributed by atoms with Crippen LogP contribution in [-0.2, 0) is 22.9 Å². The number of ether oxygens (including phenoxy) is 2. The lowest BCUT2D eigenvalue weighted by atomic mass is 9.53. The van der Waals surface area contributed by atoms with E-state index < -0.39 is 0 Å². The maximum absolute atomic E-state index is 10.1. The Morgan fingerprint density at radius 1 is 0.421 bits per heavy atom. The minimum atomic E-state index is -0.206. The molecule has 4 N–H and O–H groups in total. The number of benzene rings is 3. The van der Waals surface area contributed by atoms with Crippen molar-refractivity contribution < 1.29 is 29.9 Å². The highest BCUT2D eigenvalue weighted by molar-refractivity contribution is 5.50. The van der Waals surface area contributed by atoms with Crippen LogP contribution in [0.4, 0.5) is 0 Å². The Balaban J connectivity index is 0.000000430. The molecule has 0 heterocycles. The van der Waals surface area contributed by atoms with E-state index in [0.29, 0.717) is 22.8 Å². The van der Waals surface area contributed by atoms with Gasteiger partial charge in [-0.2, -0.15) is 0 Å². The molecular weight excluding hydrogens is 709 g/mol. The molecule has 0 aliphatic rings. The summed E-state index contributed by atoms with van der Waals surface area (Å²) in [5.74, 6) is 1.49. The molecule has 0 fully saturated rings. The molecule has 57 heavy (non-hydrogen) atoms. The van der Waals surface area contributed by atoms with Gasteiger partial charge < -0.3 is 29.9 Å². The number of hydrogen-bond donors (Lipinski definition) is 4. The summed E-state index contributed by atoms with van der Waals surface area (Å²) in [7, 11) is 3.11. The smallest absolute Gasteiger partial charge is 0.163 e. The number of phenolic OH excluding ortho intramolecular Hbond substituents is 2. The summed E-state index contributed by atoms with van der Waals surface area (Å²) < 4.78 is 10.5. The molecule has 0 saturated carbocycles. The molecule has 6 heteroatoms. The highest BCUT2D eigenvalue weighted by Crippen LogP contribution is 2.55. The van der Waals surface area contributed by atoms with Gasteiger partial charge in [-0.25, -0.2) is 0 Å². The average molecular weight is 793 g/mol. The first kappa shape index (κ1) is 51.6. The van der Waals surface area contributed by atoms with Crippen LogP contribution in [0.15, 0.2) is 54.6 Å². The van der Waals surface area contributed by atoms with Crippen LogP contribution in [0.2, 0.25) is 0 Å². The summed E-state index contributed by atoms with van der Waals surface area (Å²) in [4.78, 5) is 0. The van der Waals surface area contributed by atoms with Crippen molar-refractivity contribution in [2.75, 3.05) is 14.2 Å². The van der Waals surface area contributed by atoms with Gasteiger partial charge >= 0.3 is 0 Å². The van der Waals surface area contributed by atoms with Gasteiger partial charge in [0.1, 0.15) is 5.75 Å². The van der Waals surface area contributed by atoms with Gasteiger partial charge in [-0.3, -0.25) is 0 Å². The van der Waals surface area contributed by atoms with Crippen molar-refractivity contribution in [2.24, 2.45) is 32.5 Å². The third-order valence-corrected chi connectivity index (χ3v) is 16.1. The Bertz CT molecular complexity index is 1730. The van der Waals surface area contributed by atoms with Crippen LogP contribution in [0, 0.1) is 32.5 Å². The molecule has 0 radical (unpaired) electrons. The molecule has 0 aromatic heterocycles. The first-order valence-electron chi connectivity index (χ1n) is 20.5. The zero-order chi connectivity index (χ0) is 45.2. The molecule has 3 rings (SSSR count). The SMILES string of the molecule is CC(C)(C)C(C)(C)C(C)(C)c1ccc(O)cc1.COc1cc(C(C)(C)C(C)(C)C(C)(C)C)cc(CO)c1O.COc1cc(C(C)(C)C(C)(C)C(C)(C)C)ccc1O. The van der Waals surface area contributed by atoms with E-state index in [9.17, 15) is 20.4 Å². The predicted octanol–water partition coefficient (Wildman–Crippen LogP) is 13.7. The number of aromatic hydroxyl groups is 3. The van der Waals surface area contributed by atoms with Crippen molar-refractivity contribution in [3.8, 4) is 28.7 Å². The Morgan fingerprint density at radius 2 is 0.754 bits per heavy atom. The van der Waals surface area contributed by atoms with Crippen LogP contribution in [0.25, 0.3) is 0 Å². The lowest BCUT2D eigenvalue weighted by Gasteiger charge is -2.51. The van der Waals surface area contributed by atoms with Crippen LogP contribution in [0.5, 0.6) is 28.7 Å². The Kier molecular flexibility index (Phi) is 15.8. The lowest BCUT2D eigenvalue weighted by Crippen LogP contribution is -2.45. The maximum Gasteiger partial charge on any atom is 0.163 e. The molecule has 0 aliphatic heterocycles. The maximum atomic E-state index is 10.1. The van der Waals surface area contributed by atoms with Crippen molar-refractivity contribution in [3.63, 3.8) is 0 Å². The van der Waals surface area contributed by atoms with E-state index in [0.717, 1.165) is 5.56 Å². The summed E-state index contributed by atoms with van der Waals surface area (Å²) in [6.07, 6.45) is 0. The standard InChI is InChI=1S/C18H30O3.C17H28O2.C16H26O/c1-16(2,3)18(6,7)17(4,5)13-9-12(11-19)15(20)14(10-13)21-8;1-15(2,3)17(6,7)16(4,5)12-9-10-13(18)14(11-12)19-8;1-14(2,3)16(6,7)15(4,5)12-8-10-13(17)11-9-12/h9-10,19-20H,11H2,1-8H3;9-11,18H,1-8H3;8-11,17H,1-7H3. The molecule has 0 bridgehead atoms. The van der Waals surface area contributed by atoms with E-state index >= 15 is 0 Å². The van der Waals surface area contributed by atoms with Crippen molar-refractivity contribution >= 4 is 0 Å². The fourth-order valence-corrected chi connectivity index (χ4v) is 7.14. The van der Waals surface area contributed by atoms with E-state index in [1.165, 1.54) is 18.2 Å². The molecule has 0 amide bonds. The highest BCUT2D eigenvalue weighted by atomic mass is 16.5. The molecule has 0 aliphatic carbocycles. The summed E-state index contributed by atoms with van der Waals surface area (Å²) >= 11 is 0. The van der Waals surface area contributed by atoms with Gasteiger partial charge in [-0.1, -0.05) is 164 Å². The van der Waals surface area contributed by atoms with Crippen LogP contribution in [-0.4, -0.2) is 34.6 Å². The number of phenols is 3. The molecule has 3 aromatic carbocycles. The zero-order valence-electron chi connectivity index (χ0n) is 40.5. The molecule has 0 unspecified atom stereocenters. The van der Waals surface area contributed by atoms with Gasteiger partial charge in [0.15, 0.2) is 23.0 Å². The lowest BCUT2D eigenvalue weighted by molar-refractivity contribution is 0.0453. The van der Waals surface area contributed by atoms with Crippen LogP contribution < -0.4 is 9.47 Å². The fourth-order valence-electron chi connectivity index (χ4n) is 7.14. The third kappa shape index (κ3) is 10.4. The molecule has 3 aromatic rings. The van der Waals surface area contributed by atoms with Crippen molar-refractivity contribution in [1.82, 2.24) is 0 Å². The largest absolute Gasteiger partial charge is 0.508 e. The summed E-state index contributed by atoms with van der Waals surface area (Å²) in [5, 5.41) is 38.7. The first-order chi connectivity index (χ1) is 25.3. The van der Waals surface area contributed by atoms with E-state index in [1.807, 2.05) is 36.4 Å². The van der Waals surface area contributed by atoms with Gasteiger partial charge in [-0.05, 0) is 102 Å². The predicted molar refractivity (Wildman–Crippen MR) is 242 cm³/mol. The zero-order valence-corrected chi connectivity index (χ0v) is 40.5. The van der Waals surface area contributed by atoms with Gasteiger partial charge in [0.25, 0.3) is 0 Å². The number of aliphatic hydroxyl groups excluding tert-OH is 1. The normalized spacial score (nSPS) is 13.5. The van der Waals surface area contributed by atoms with E-state index in [4.69, 9.17) is 9.47 Å². The number of rotatable bonds is 9. The minimum Gasteiger partial charge on any atom is -0.508 e. The molecular formula is C51H84O6. The minimum absolute atomic E-state index is 0.00525. The van der Waals surface area contributed by atoms with E-state index in [2.05, 4.69) is 145 Å². The van der Waals surface area contributed by atoms with Crippen LogP contribution in [0.3, 0.4) is 0 Å². The summed E-state index contributed by atoms with van der Waals surface area (Å²) in [6, 6.07) is 17.0. The second-order valence-electron chi connectivity index (χ2n) is 22.3. The molecule has 6 nitrogen and oxygen atoms in total. The second kappa shape index (κ2) is 17.5. The highest BCUT2D eigenvalue weighted by Gasteiger charge is 2.48. The van der Waals surface area contributed by atoms with Crippen LogP contribution >= 0.6 is 0 Å². The monoisotopic (exact) mass is 793 g/mol. The summed E-state index contributed by atoms with van der Waals surface area (Å²) in [5.41, 5.74) is 4.59. The quantitative estimate of drug-likeness (QED) is 0.172. The van der Waals surface area contributed by atoms with Gasteiger partial charge in [0.05, 0.1) is 20.8 Å². The van der Waals surface area contributed by atoms with Crippen molar-refractivity contribution in [3.05, 3.63) is 76.9 Å². The van der Waals surface area contributed by atoms with Crippen LogP contribution in [0.1, 0.15) is 168 Å². The Morgan fingerprint density at radius 3 is 1.11 bits per heavy atom. The third-order valence-electron chi connectivity index (χ3n) is 16.1. The molecule has 0 saturated heterocycles. The number of aliphatic hydroxyl groups is 1.